The first-order chi connectivity index (χ1) is 8.59. The molecule has 0 bridgehead atoms. The Morgan fingerprint density at radius 2 is 2.33 bits per heavy atom. The fraction of sp³-hybridized carbons (Fsp3) is 0.100. The molecule has 92 valence electrons. The number of aryl methyl sites for hydroxylation is 1. The van der Waals surface area contributed by atoms with Gasteiger partial charge in [0.15, 0.2) is 11.5 Å². The summed E-state index contributed by atoms with van der Waals surface area (Å²) in [4.78, 5) is 16.0. The van der Waals surface area contributed by atoms with Gasteiger partial charge in [-0.25, -0.2) is 9.78 Å². The third kappa shape index (κ3) is 1.49. The number of fused-ring (bicyclic) bond motifs is 1. The average Bonchev–Trinajstić information content (AvgIpc) is 2.98. The first-order valence-corrected chi connectivity index (χ1v) is 6.65. The quantitative estimate of drug-likeness (QED) is 0.784. The van der Waals surface area contributed by atoms with Crippen molar-refractivity contribution in [1.82, 2.24) is 19.2 Å². The largest absolute Gasteiger partial charge is 0.476 e. The van der Waals surface area contributed by atoms with Crippen molar-refractivity contribution in [2.45, 2.75) is 0 Å². The third-order valence-electron chi connectivity index (χ3n) is 2.54. The van der Waals surface area contributed by atoms with Gasteiger partial charge in [0.2, 0.25) is 5.78 Å². The van der Waals surface area contributed by atoms with E-state index in [4.69, 9.17) is 5.11 Å². The van der Waals surface area contributed by atoms with Crippen LogP contribution in [0.3, 0.4) is 0 Å². The highest BCUT2D eigenvalue weighted by Crippen LogP contribution is 2.26. The standard InChI is InChI=1S/C10H7BrN4O2S/c1-14-8(5-3-2-4-18-5)13-15-7(11)6(9(16)17)12-10(14)15/h2-4H,1H3,(H,16,17). The van der Waals surface area contributed by atoms with Crippen LogP contribution in [0.25, 0.3) is 16.5 Å². The molecule has 3 aromatic heterocycles. The molecule has 0 unspecified atom stereocenters. The molecule has 3 rings (SSSR count). The second kappa shape index (κ2) is 3.92. The number of aromatic carboxylic acids is 1. The summed E-state index contributed by atoms with van der Waals surface area (Å²) in [5.41, 5.74) is -0.0363. The fourth-order valence-corrected chi connectivity index (χ4v) is 2.94. The maximum Gasteiger partial charge on any atom is 0.357 e. The Balaban J connectivity index is 2.28. The van der Waals surface area contributed by atoms with E-state index in [1.165, 1.54) is 4.52 Å². The zero-order valence-electron chi connectivity index (χ0n) is 9.16. The topological polar surface area (TPSA) is 72.4 Å². The Bertz CT molecular complexity index is 744. The Morgan fingerprint density at radius 1 is 1.56 bits per heavy atom. The predicted octanol–water partition coefficient (Wildman–Crippen LogP) is 2.26. The van der Waals surface area contributed by atoms with Crippen molar-refractivity contribution < 1.29 is 9.90 Å². The van der Waals surface area contributed by atoms with Crippen molar-refractivity contribution in [3.05, 3.63) is 27.8 Å². The number of halogens is 1. The molecule has 3 aromatic rings. The first kappa shape index (κ1) is 11.4. The van der Waals surface area contributed by atoms with E-state index in [2.05, 4.69) is 26.0 Å². The van der Waals surface area contributed by atoms with Crippen molar-refractivity contribution in [3.63, 3.8) is 0 Å². The van der Waals surface area contributed by atoms with E-state index in [0.717, 1.165) is 10.7 Å². The molecular formula is C10H7BrN4O2S. The number of hydrogen-bond donors (Lipinski definition) is 1. The number of imidazole rings is 1. The van der Waals surface area contributed by atoms with E-state index >= 15 is 0 Å². The molecule has 0 saturated carbocycles. The summed E-state index contributed by atoms with van der Waals surface area (Å²) in [7, 11) is 1.81. The molecule has 0 saturated heterocycles. The minimum atomic E-state index is -1.08. The number of carboxylic acids is 1. The fourth-order valence-electron chi connectivity index (χ4n) is 1.70. The van der Waals surface area contributed by atoms with Crippen molar-refractivity contribution >= 4 is 39.0 Å². The van der Waals surface area contributed by atoms with Crippen LogP contribution < -0.4 is 0 Å². The van der Waals surface area contributed by atoms with Gasteiger partial charge in [0.25, 0.3) is 0 Å². The van der Waals surface area contributed by atoms with Gasteiger partial charge in [0.1, 0.15) is 4.60 Å². The molecule has 0 aliphatic carbocycles. The van der Waals surface area contributed by atoms with E-state index < -0.39 is 5.97 Å². The van der Waals surface area contributed by atoms with E-state index in [1.54, 1.807) is 15.9 Å². The van der Waals surface area contributed by atoms with Gasteiger partial charge in [-0.3, -0.25) is 4.57 Å². The van der Waals surface area contributed by atoms with Gasteiger partial charge < -0.3 is 5.11 Å². The monoisotopic (exact) mass is 326 g/mol. The maximum atomic E-state index is 11.0. The van der Waals surface area contributed by atoms with Gasteiger partial charge in [-0.1, -0.05) is 6.07 Å². The zero-order chi connectivity index (χ0) is 12.9. The highest BCUT2D eigenvalue weighted by atomic mass is 79.9. The molecular weight excluding hydrogens is 320 g/mol. The van der Waals surface area contributed by atoms with Crippen LogP contribution in [0.5, 0.6) is 0 Å². The predicted molar refractivity (Wildman–Crippen MR) is 69.9 cm³/mol. The number of carbonyl (C=O) groups is 1. The molecule has 1 N–H and O–H groups in total. The normalized spacial score (nSPS) is 11.2. The van der Waals surface area contributed by atoms with Crippen LogP contribution in [0.1, 0.15) is 10.5 Å². The highest BCUT2D eigenvalue weighted by Gasteiger charge is 2.21. The number of nitrogens with zero attached hydrogens (tertiary/aromatic N) is 4. The summed E-state index contributed by atoms with van der Waals surface area (Å²) in [6, 6.07) is 3.90. The van der Waals surface area contributed by atoms with Crippen LogP contribution in [-0.2, 0) is 7.05 Å². The zero-order valence-corrected chi connectivity index (χ0v) is 11.6. The van der Waals surface area contributed by atoms with Crippen molar-refractivity contribution in [1.29, 1.82) is 0 Å². The van der Waals surface area contributed by atoms with E-state index in [-0.39, 0.29) is 5.69 Å². The van der Waals surface area contributed by atoms with Gasteiger partial charge in [-0.05, 0) is 27.4 Å². The molecule has 0 radical (unpaired) electrons. The van der Waals surface area contributed by atoms with Crippen LogP contribution in [-0.4, -0.2) is 30.2 Å². The SMILES string of the molecule is Cn1c(-c2cccs2)nn2c(Br)c(C(=O)O)nc12. The van der Waals surface area contributed by atoms with E-state index in [1.807, 2.05) is 24.6 Å². The van der Waals surface area contributed by atoms with E-state index in [0.29, 0.717) is 10.4 Å². The lowest BCUT2D eigenvalue weighted by Crippen LogP contribution is -1.99. The number of hydrogen-bond acceptors (Lipinski definition) is 4. The number of aromatic nitrogens is 4. The molecule has 6 nitrogen and oxygen atoms in total. The molecule has 0 aromatic carbocycles. The van der Waals surface area contributed by atoms with Gasteiger partial charge in [-0.2, -0.15) is 4.52 Å². The molecule has 0 atom stereocenters. The summed E-state index contributed by atoms with van der Waals surface area (Å²) >= 11 is 4.78. The van der Waals surface area contributed by atoms with E-state index in [9.17, 15) is 4.79 Å². The first-order valence-electron chi connectivity index (χ1n) is 4.97. The second-order valence-electron chi connectivity index (χ2n) is 3.63. The molecule has 18 heavy (non-hydrogen) atoms. The maximum absolute atomic E-state index is 11.0. The molecule has 3 heterocycles. The number of thiophene rings is 1. The second-order valence-corrected chi connectivity index (χ2v) is 5.33. The minimum Gasteiger partial charge on any atom is -0.476 e. The van der Waals surface area contributed by atoms with Crippen LogP contribution in [0.15, 0.2) is 22.1 Å². The Kier molecular flexibility index (Phi) is 2.49. The third-order valence-corrected chi connectivity index (χ3v) is 4.12. The Morgan fingerprint density at radius 3 is 2.89 bits per heavy atom. The lowest BCUT2D eigenvalue weighted by Gasteiger charge is -1.95. The lowest BCUT2D eigenvalue weighted by molar-refractivity contribution is 0.0690. The molecule has 0 aliphatic rings. The van der Waals surface area contributed by atoms with Crippen molar-refractivity contribution in [3.8, 4) is 10.7 Å². The van der Waals surface area contributed by atoms with Gasteiger partial charge >= 0.3 is 5.97 Å². The molecule has 8 heteroatoms. The number of rotatable bonds is 2. The average molecular weight is 327 g/mol. The summed E-state index contributed by atoms with van der Waals surface area (Å²) in [6.07, 6.45) is 0. The van der Waals surface area contributed by atoms with Crippen LogP contribution in [0.4, 0.5) is 0 Å². The lowest BCUT2D eigenvalue weighted by atomic mass is 10.4. The Labute approximate surface area is 114 Å². The van der Waals surface area contributed by atoms with Crippen molar-refractivity contribution in [2.75, 3.05) is 0 Å². The summed E-state index contributed by atoms with van der Waals surface area (Å²) in [6.45, 7) is 0. The molecule has 0 amide bonds. The summed E-state index contributed by atoms with van der Waals surface area (Å²) in [5, 5.41) is 15.3. The van der Waals surface area contributed by atoms with Gasteiger partial charge in [0, 0.05) is 7.05 Å². The van der Waals surface area contributed by atoms with Gasteiger partial charge in [-0.15, -0.1) is 16.4 Å². The smallest absolute Gasteiger partial charge is 0.357 e. The minimum absolute atomic E-state index is 0.0363. The summed E-state index contributed by atoms with van der Waals surface area (Å²) in [5.74, 6) is 0.165. The van der Waals surface area contributed by atoms with Crippen LogP contribution >= 0.6 is 27.3 Å². The highest BCUT2D eigenvalue weighted by molar-refractivity contribution is 9.10. The summed E-state index contributed by atoms with van der Waals surface area (Å²) < 4.78 is 3.60. The van der Waals surface area contributed by atoms with Crippen LogP contribution in [0, 0.1) is 0 Å². The van der Waals surface area contributed by atoms with Gasteiger partial charge in [0.05, 0.1) is 4.88 Å². The molecule has 0 aliphatic heterocycles. The Hall–Kier alpha value is -1.67. The molecule has 0 fully saturated rings. The molecule has 0 spiro atoms. The number of carboxylic acid groups (broad SMARTS) is 1. The van der Waals surface area contributed by atoms with Crippen LogP contribution in [0.2, 0.25) is 0 Å². The van der Waals surface area contributed by atoms with Crippen molar-refractivity contribution in [2.24, 2.45) is 7.05 Å².